The highest BCUT2D eigenvalue weighted by molar-refractivity contribution is 5.93. The molecule has 1 fully saturated rings. The maximum Gasteiger partial charge on any atom is 0.320 e. The molecule has 1 aliphatic heterocycles. The van der Waals surface area contributed by atoms with Crippen LogP contribution in [0.3, 0.4) is 0 Å². The van der Waals surface area contributed by atoms with Crippen molar-refractivity contribution in [1.82, 2.24) is 14.9 Å². The number of rotatable bonds is 9. The first kappa shape index (κ1) is 24.3. The molecule has 1 aromatic heterocycles. The van der Waals surface area contributed by atoms with E-state index in [-0.39, 0.29) is 5.97 Å². The quantitative estimate of drug-likeness (QED) is 0.368. The first-order chi connectivity index (χ1) is 17.1. The maximum atomic E-state index is 11.7. The number of nitrogens with zero attached hydrogens (tertiary/aromatic N) is 3. The molecule has 2 aromatic carbocycles. The number of benzene rings is 2. The standard InChI is InChI=1S/C27H30N4O4/c1-4-19-7-6-8-21(13-19)30-27-22-14-24(33-3)25(15-23(22)28-18-29-27)35-17-20-9-11-31(12-10-20)16-26(32)34-5-2/h1,6-8,13-15,18,20H,5,9-12,16-17H2,2-3H3,(H,28,29,30). The first-order valence-electron chi connectivity index (χ1n) is 11.8. The summed E-state index contributed by atoms with van der Waals surface area (Å²) in [4.78, 5) is 22.7. The summed E-state index contributed by atoms with van der Waals surface area (Å²) in [5, 5.41) is 4.14. The summed E-state index contributed by atoms with van der Waals surface area (Å²) in [5.41, 5.74) is 2.37. The Morgan fingerprint density at radius 1 is 1.20 bits per heavy atom. The van der Waals surface area contributed by atoms with E-state index in [2.05, 4.69) is 26.1 Å². The summed E-state index contributed by atoms with van der Waals surface area (Å²) in [5.74, 6) is 4.80. The number of methoxy groups -OCH3 is 1. The van der Waals surface area contributed by atoms with Crippen LogP contribution < -0.4 is 14.8 Å². The van der Waals surface area contributed by atoms with Crippen LogP contribution in [0.2, 0.25) is 0 Å². The molecule has 0 amide bonds. The van der Waals surface area contributed by atoms with Crippen molar-refractivity contribution in [2.75, 3.05) is 45.3 Å². The van der Waals surface area contributed by atoms with Gasteiger partial charge < -0.3 is 19.5 Å². The fourth-order valence-electron chi connectivity index (χ4n) is 4.17. The molecular formula is C27H30N4O4. The lowest BCUT2D eigenvalue weighted by Crippen LogP contribution is -2.39. The molecule has 0 radical (unpaired) electrons. The molecule has 35 heavy (non-hydrogen) atoms. The van der Waals surface area contributed by atoms with Gasteiger partial charge in [0.05, 0.1) is 32.4 Å². The van der Waals surface area contributed by atoms with Gasteiger partial charge in [-0.25, -0.2) is 9.97 Å². The average molecular weight is 475 g/mol. The van der Waals surface area contributed by atoms with Crippen LogP contribution in [0.1, 0.15) is 25.3 Å². The minimum atomic E-state index is -0.164. The molecular weight excluding hydrogens is 444 g/mol. The predicted octanol–water partition coefficient (Wildman–Crippen LogP) is 4.02. The highest BCUT2D eigenvalue weighted by atomic mass is 16.5. The fourth-order valence-corrected chi connectivity index (χ4v) is 4.17. The molecule has 4 rings (SSSR count). The Bertz CT molecular complexity index is 1220. The lowest BCUT2D eigenvalue weighted by atomic mass is 9.98. The third kappa shape index (κ3) is 6.19. The molecule has 0 atom stereocenters. The third-order valence-electron chi connectivity index (χ3n) is 6.05. The van der Waals surface area contributed by atoms with Gasteiger partial charge >= 0.3 is 5.97 Å². The van der Waals surface area contributed by atoms with Crippen LogP contribution in [0.5, 0.6) is 11.5 Å². The van der Waals surface area contributed by atoms with Gasteiger partial charge in [0.15, 0.2) is 11.5 Å². The summed E-state index contributed by atoms with van der Waals surface area (Å²) < 4.78 is 16.9. The van der Waals surface area contributed by atoms with E-state index < -0.39 is 0 Å². The van der Waals surface area contributed by atoms with Crippen molar-refractivity contribution in [3.8, 4) is 23.8 Å². The molecule has 8 heteroatoms. The monoisotopic (exact) mass is 474 g/mol. The molecule has 1 N–H and O–H groups in total. The summed E-state index contributed by atoms with van der Waals surface area (Å²) in [6, 6.07) is 11.4. The number of nitrogens with one attached hydrogen (secondary N) is 1. The molecule has 8 nitrogen and oxygen atoms in total. The summed E-state index contributed by atoms with van der Waals surface area (Å²) >= 11 is 0. The van der Waals surface area contributed by atoms with Crippen LogP contribution in [0, 0.1) is 18.3 Å². The molecule has 0 spiro atoms. The van der Waals surface area contributed by atoms with Gasteiger partial charge in [0.25, 0.3) is 0 Å². The SMILES string of the molecule is C#Cc1cccc(Nc2ncnc3cc(OCC4CCN(CC(=O)OCC)CC4)c(OC)cc23)c1. The van der Waals surface area contributed by atoms with Crippen LogP contribution in [0.25, 0.3) is 10.9 Å². The van der Waals surface area contributed by atoms with Crippen LogP contribution in [-0.2, 0) is 9.53 Å². The Morgan fingerprint density at radius 2 is 2.03 bits per heavy atom. The van der Waals surface area contributed by atoms with Crippen LogP contribution in [-0.4, -0.2) is 60.8 Å². The third-order valence-corrected chi connectivity index (χ3v) is 6.05. The smallest absolute Gasteiger partial charge is 0.320 e. The molecule has 0 saturated carbocycles. The van der Waals surface area contributed by atoms with Crippen LogP contribution in [0.4, 0.5) is 11.5 Å². The predicted molar refractivity (Wildman–Crippen MR) is 135 cm³/mol. The summed E-state index contributed by atoms with van der Waals surface area (Å²) in [7, 11) is 1.62. The van der Waals surface area contributed by atoms with E-state index in [1.807, 2.05) is 43.3 Å². The molecule has 0 aliphatic carbocycles. The average Bonchev–Trinajstić information content (AvgIpc) is 2.88. The lowest BCUT2D eigenvalue weighted by Gasteiger charge is -2.31. The number of ether oxygens (including phenoxy) is 3. The fraction of sp³-hybridized carbons (Fsp3) is 0.370. The van der Waals surface area contributed by atoms with Crippen LogP contribution in [0.15, 0.2) is 42.7 Å². The zero-order chi connectivity index (χ0) is 24.6. The first-order valence-corrected chi connectivity index (χ1v) is 11.8. The summed E-state index contributed by atoms with van der Waals surface area (Å²) in [6.45, 7) is 4.87. The van der Waals surface area contributed by atoms with Gasteiger partial charge in [-0.1, -0.05) is 12.0 Å². The minimum Gasteiger partial charge on any atom is -0.493 e. The van der Waals surface area contributed by atoms with Crippen LogP contribution >= 0.6 is 0 Å². The highest BCUT2D eigenvalue weighted by Gasteiger charge is 2.22. The van der Waals surface area contributed by atoms with Gasteiger partial charge in [0.2, 0.25) is 0 Å². The number of likely N-dealkylation sites (tertiary alicyclic amines) is 1. The van der Waals surface area contributed by atoms with E-state index in [1.165, 1.54) is 6.33 Å². The summed E-state index contributed by atoms with van der Waals surface area (Å²) in [6.07, 6.45) is 8.96. The van der Waals surface area contributed by atoms with E-state index in [9.17, 15) is 4.79 Å². The number of hydrogen-bond donors (Lipinski definition) is 1. The second kappa shape index (κ2) is 11.5. The van der Waals surface area contributed by atoms with Crippen molar-refractivity contribution in [1.29, 1.82) is 0 Å². The van der Waals surface area contributed by atoms with Crippen molar-refractivity contribution >= 4 is 28.4 Å². The number of esters is 1. The number of piperidine rings is 1. The Morgan fingerprint density at radius 3 is 2.77 bits per heavy atom. The van der Waals surface area contributed by atoms with E-state index in [4.69, 9.17) is 20.6 Å². The molecule has 1 aliphatic rings. The number of fused-ring (bicyclic) bond motifs is 1. The van der Waals surface area contributed by atoms with Gasteiger partial charge in [0.1, 0.15) is 12.1 Å². The number of anilines is 2. The number of carbonyl (C=O) groups is 1. The Hall–Kier alpha value is -3.83. The maximum absolute atomic E-state index is 11.7. The Kier molecular flexibility index (Phi) is 8.01. The van der Waals surface area contributed by atoms with E-state index >= 15 is 0 Å². The molecule has 1 saturated heterocycles. The number of aromatic nitrogens is 2. The zero-order valence-corrected chi connectivity index (χ0v) is 20.1. The van der Waals surface area contributed by atoms with Crippen molar-refractivity contribution in [3.63, 3.8) is 0 Å². The topological polar surface area (TPSA) is 85.8 Å². The van der Waals surface area contributed by atoms with Crippen molar-refractivity contribution in [3.05, 3.63) is 48.3 Å². The Labute approximate surface area is 205 Å². The number of terminal acetylenes is 1. The van der Waals surface area contributed by atoms with E-state index in [0.29, 0.717) is 43.0 Å². The molecule has 0 bridgehead atoms. The van der Waals surface area contributed by atoms with Gasteiger partial charge in [-0.05, 0) is 63.0 Å². The lowest BCUT2D eigenvalue weighted by molar-refractivity contribution is -0.144. The van der Waals surface area contributed by atoms with E-state index in [0.717, 1.165) is 48.1 Å². The molecule has 3 aromatic rings. The minimum absolute atomic E-state index is 0.164. The van der Waals surface area contributed by atoms with Gasteiger partial charge in [-0.2, -0.15) is 0 Å². The second-order valence-corrected chi connectivity index (χ2v) is 8.43. The zero-order valence-electron chi connectivity index (χ0n) is 20.1. The van der Waals surface area contributed by atoms with Crippen molar-refractivity contribution in [2.24, 2.45) is 5.92 Å². The largest absolute Gasteiger partial charge is 0.493 e. The van der Waals surface area contributed by atoms with Gasteiger partial charge in [0, 0.05) is 22.7 Å². The molecule has 182 valence electrons. The molecule has 0 unspecified atom stereocenters. The van der Waals surface area contributed by atoms with E-state index in [1.54, 1.807) is 7.11 Å². The second-order valence-electron chi connectivity index (χ2n) is 8.43. The van der Waals surface area contributed by atoms with Crippen molar-refractivity contribution in [2.45, 2.75) is 19.8 Å². The molecule has 2 heterocycles. The van der Waals surface area contributed by atoms with Gasteiger partial charge in [-0.3, -0.25) is 9.69 Å². The van der Waals surface area contributed by atoms with Gasteiger partial charge in [-0.15, -0.1) is 6.42 Å². The Balaban J connectivity index is 1.43. The highest BCUT2D eigenvalue weighted by Crippen LogP contribution is 2.35. The number of hydrogen-bond acceptors (Lipinski definition) is 8. The number of carbonyl (C=O) groups excluding carboxylic acids is 1. The normalized spacial score (nSPS) is 14.3. The van der Waals surface area contributed by atoms with Crippen molar-refractivity contribution < 1.29 is 19.0 Å².